The van der Waals surface area contributed by atoms with Crippen LogP contribution in [0.4, 0.5) is 0 Å². The lowest BCUT2D eigenvalue weighted by atomic mass is 9.92. The standard InChI is InChI=1S/C7H12N2/c1-7(8-2)3-5-9-6-4-7/h9H,3-6H2,1H3. The maximum absolute atomic E-state index is 6.89. The summed E-state index contributed by atoms with van der Waals surface area (Å²) < 4.78 is 0. The van der Waals surface area contributed by atoms with Crippen molar-refractivity contribution in [3.8, 4) is 0 Å². The predicted molar refractivity (Wildman–Crippen MR) is 37.1 cm³/mol. The Bertz CT molecular complexity index is 128. The topological polar surface area (TPSA) is 16.4 Å². The number of rotatable bonds is 0. The average molecular weight is 124 g/mol. The number of hydrogen-bond donors (Lipinski definition) is 1. The Balaban J connectivity index is 2.49. The number of nitrogens with one attached hydrogen (secondary N) is 1. The van der Waals surface area contributed by atoms with Crippen molar-refractivity contribution in [3.05, 3.63) is 11.4 Å². The lowest BCUT2D eigenvalue weighted by Crippen LogP contribution is -2.37. The van der Waals surface area contributed by atoms with Gasteiger partial charge in [0.05, 0.1) is 0 Å². The second-order valence-electron chi connectivity index (χ2n) is 2.86. The molecule has 2 heteroatoms. The highest BCUT2D eigenvalue weighted by molar-refractivity contribution is 4.97. The summed E-state index contributed by atoms with van der Waals surface area (Å²) >= 11 is 0. The molecular weight excluding hydrogens is 112 g/mol. The predicted octanol–water partition coefficient (Wildman–Crippen LogP) is 1.05. The zero-order valence-electron chi connectivity index (χ0n) is 5.78. The first-order chi connectivity index (χ1) is 4.27. The van der Waals surface area contributed by atoms with Gasteiger partial charge < -0.3 is 10.2 Å². The molecule has 1 fully saturated rings. The molecule has 0 aliphatic carbocycles. The van der Waals surface area contributed by atoms with E-state index in [1.807, 2.05) is 6.92 Å². The largest absolute Gasteiger partial charge is 0.316 e. The Hall–Kier alpha value is -0.550. The van der Waals surface area contributed by atoms with E-state index in [1.165, 1.54) is 0 Å². The fraction of sp³-hybridized carbons (Fsp3) is 0.857. The molecule has 0 unspecified atom stereocenters. The smallest absolute Gasteiger partial charge is 0.232 e. The molecule has 1 aliphatic heterocycles. The summed E-state index contributed by atoms with van der Waals surface area (Å²) in [4.78, 5) is 3.59. The molecule has 0 saturated carbocycles. The van der Waals surface area contributed by atoms with Crippen LogP contribution in [-0.2, 0) is 0 Å². The normalized spacial score (nSPS) is 24.9. The third-order valence-electron chi connectivity index (χ3n) is 1.95. The molecule has 0 aromatic rings. The van der Waals surface area contributed by atoms with Crippen molar-refractivity contribution in [2.24, 2.45) is 0 Å². The molecule has 1 heterocycles. The van der Waals surface area contributed by atoms with E-state index < -0.39 is 0 Å². The van der Waals surface area contributed by atoms with Crippen LogP contribution in [0.5, 0.6) is 0 Å². The van der Waals surface area contributed by atoms with E-state index in [9.17, 15) is 0 Å². The van der Waals surface area contributed by atoms with Crippen LogP contribution in [-0.4, -0.2) is 18.6 Å². The molecular formula is C7H12N2. The molecule has 0 radical (unpaired) electrons. The fourth-order valence-corrected chi connectivity index (χ4v) is 1.08. The molecule has 1 aliphatic rings. The minimum absolute atomic E-state index is 0.0503. The van der Waals surface area contributed by atoms with Crippen LogP contribution in [0.2, 0.25) is 0 Å². The van der Waals surface area contributed by atoms with Crippen molar-refractivity contribution < 1.29 is 0 Å². The van der Waals surface area contributed by atoms with Crippen LogP contribution in [0.25, 0.3) is 4.85 Å². The minimum atomic E-state index is -0.0503. The summed E-state index contributed by atoms with van der Waals surface area (Å²) in [6.45, 7) is 11.0. The molecule has 0 aromatic carbocycles. The Morgan fingerprint density at radius 1 is 1.44 bits per heavy atom. The van der Waals surface area contributed by atoms with Crippen molar-refractivity contribution >= 4 is 0 Å². The van der Waals surface area contributed by atoms with E-state index in [4.69, 9.17) is 6.57 Å². The van der Waals surface area contributed by atoms with Gasteiger partial charge in [-0.3, -0.25) is 0 Å². The van der Waals surface area contributed by atoms with E-state index in [1.54, 1.807) is 0 Å². The van der Waals surface area contributed by atoms with E-state index in [0.29, 0.717) is 0 Å². The van der Waals surface area contributed by atoms with Gasteiger partial charge in [0.25, 0.3) is 0 Å². The van der Waals surface area contributed by atoms with Crippen molar-refractivity contribution in [3.63, 3.8) is 0 Å². The molecule has 1 N–H and O–H groups in total. The molecule has 0 amide bonds. The van der Waals surface area contributed by atoms with Gasteiger partial charge in [0.2, 0.25) is 5.54 Å². The molecule has 1 saturated heterocycles. The van der Waals surface area contributed by atoms with Gasteiger partial charge in [0.15, 0.2) is 0 Å². The first-order valence-electron chi connectivity index (χ1n) is 3.36. The molecule has 9 heavy (non-hydrogen) atoms. The van der Waals surface area contributed by atoms with Gasteiger partial charge in [-0.15, -0.1) is 0 Å². The highest BCUT2D eigenvalue weighted by Gasteiger charge is 2.31. The third kappa shape index (κ3) is 1.43. The van der Waals surface area contributed by atoms with Gasteiger partial charge in [-0.25, -0.2) is 6.57 Å². The lowest BCUT2D eigenvalue weighted by Gasteiger charge is -2.22. The second kappa shape index (κ2) is 2.36. The number of hydrogen-bond acceptors (Lipinski definition) is 1. The van der Waals surface area contributed by atoms with Crippen molar-refractivity contribution in [2.75, 3.05) is 13.1 Å². The molecule has 0 atom stereocenters. The average Bonchev–Trinajstić information content (AvgIpc) is 1.90. The van der Waals surface area contributed by atoms with Crippen LogP contribution in [0, 0.1) is 6.57 Å². The fourth-order valence-electron chi connectivity index (χ4n) is 1.08. The van der Waals surface area contributed by atoms with Gasteiger partial charge in [-0.2, -0.15) is 0 Å². The van der Waals surface area contributed by atoms with Crippen LogP contribution in [0.1, 0.15) is 19.8 Å². The van der Waals surface area contributed by atoms with Gasteiger partial charge >= 0.3 is 0 Å². The van der Waals surface area contributed by atoms with Gasteiger partial charge in [-0.1, -0.05) is 0 Å². The Kier molecular flexibility index (Phi) is 1.73. The van der Waals surface area contributed by atoms with Crippen LogP contribution >= 0.6 is 0 Å². The quantitative estimate of drug-likeness (QED) is 0.477. The van der Waals surface area contributed by atoms with Gasteiger partial charge in [0, 0.05) is 32.9 Å². The first kappa shape index (κ1) is 6.57. The van der Waals surface area contributed by atoms with Crippen LogP contribution < -0.4 is 5.32 Å². The monoisotopic (exact) mass is 124 g/mol. The lowest BCUT2D eigenvalue weighted by molar-refractivity contribution is 0.388. The summed E-state index contributed by atoms with van der Waals surface area (Å²) in [5, 5.41) is 3.23. The molecule has 2 nitrogen and oxygen atoms in total. The minimum Gasteiger partial charge on any atom is -0.316 e. The van der Waals surface area contributed by atoms with Gasteiger partial charge in [0.1, 0.15) is 0 Å². The summed E-state index contributed by atoms with van der Waals surface area (Å²) in [5.41, 5.74) is -0.0503. The van der Waals surface area contributed by atoms with Gasteiger partial charge in [-0.05, 0) is 0 Å². The van der Waals surface area contributed by atoms with E-state index >= 15 is 0 Å². The maximum Gasteiger partial charge on any atom is 0.232 e. The maximum atomic E-state index is 6.89. The molecule has 0 spiro atoms. The third-order valence-corrected chi connectivity index (χ3v) is 1.95. The molecule has 0 bridgehead atoms. The van der Waals surface area contributed by atoms with Crippen molar-refractivity contribution in [1.29, 1.82) is 0 Å². The zero-order valence-corrected chi connectivity index (χ0v) is 5.78. The Morgan fingerprint density at radius 2 is 2.00 bits per heavy atom. The second-order valence-corrected chi connectivity index (χ2v) is 2.86. The summed E-state index contributed by atoms with van der Waals surface area (Å²) in [6, 6.07) is 0. The molecule has 1 rings (SSSR count). The number of nitrogens with zero attached hydrogens (tertiary/aromatic N) is 1. The van der Waals surface area contributed by atoms with E-state index in [0.717, 1.165) is 25.9 Å². The van der Waals surface area contributed by atoms with Crippen molar-refractivity contribution in [2.45, 2.75) is 25.3 Å². The van der Waals surface area contributed by atoms with E-state index in [2.05, 4.69) is 10.2 Å². The molecule has 0 aromatic heterocycles. The Labute approximate surface area is 56.1 Å². The SMILES string of the molecule is [C-]#[N+]C1(C)CCNCC1. The number of piperidine rings is 1. The van der Waals surface area contributed by atoms with Crippen molar-refractivity contribution in [1.82, 2.24) is 5.32 Å². The van der Waals surface area contributed by atoms with E-state index in [-0.39, 0.29) is 5.54 Å². The summed E-state index contributed by atoms with van der Waals surface area (Å²) in [7, 11) is 0. The summed E-state index contributed by atoms with van der Waals surface area (Å²) in [6.07, 6.45) is 2.02. The highest BCUT2D eigenvalue weighted by atomic mass is 14.9. The van der Waals surface area contributed by atoms with Crippen LogP contribution in [0.15, 0.2) is 0 Å². The highest BCUT2D eigenvalue weighted by Crippen LogP contribution is 2.21. The molecule has 50 valence electrons. The Morgan fingerprint density at radius 3 is 2.33 bits per heavy atom. The summed E-state index contributed by atoms with van der Waals surface area (Å²) in [5.74, 6) is 0. The van der Waals surface area contributed by atoms with Crippen LogP contribution in [0.3, 0.4) is 0 Å². The first-order valence-corrected chi connectivity index (χ1v) is 3.36. The zero-order chi connectivity index (χ0) is 6.74.